The van der Waals surface area contributed by atoms with Crippen molar-refractivity contribution in [1.82, 2.24) is 14.9 Å². The van der Waals surface area contributed by atoms with Gasteiger partial charge in [0.25, 0.3) is 5.56 Å². The monoisotopic (exact) mass is 316 g/mol. The molecule has 2 aromatic heterocycles. The highest BCUT2D eigenvalue weighted by Crippen LogP contribution is 2.40. The molecule has 2 N–H and O–H groups in total. The van der Waals surface area contributed by atoms with Crippen molar-refractivity contribution in [1.29, 1.82) is 0 Å². The fourth-order valence-corrected chi connectivity index (χ4v) is 4.05. The van der Waals surface area contributed by atoms with Crippen molar-refractivity contribution in [3.63, 3.8) is 0 Å². The van der Waals surface area contributed by atoms with E-state index in [1.165, 1.54) is 0 Å². The lowest BCUT2D eigenvalue weighted by molar-refractivity contribution is -0.116. The van der Waals surface area contributed by atoms with Crippen LogP contribution in [0, 0.1) is 13.8 Å². The van der Waals surface area contributed by atoms with Gasteiger partial charge in [0, 0.05) is 17.9 Å². The number of H-pyrrole nitrogens is 1. The number of nitrogens with zero attached hydrogens (tertiary/aromatic N) is 2. The lowest BCUT2D eigenvalue weighted by atomic mass is 9.86. The summed E-state index contributed by atoms with van der Waals surface area (Å²) < 4.78 is 7.11. The Labute approximate surface area is 133 Å². The van der Waals surface area contributed by atoms with Crippen molar-refractivity contribution >= 4 is 11.7 Å². The van der Waals surface area contributed by atoms with Gasteiger partial charge in [0.15, 0.2) is 0 Å². The van der Waals surface area contributed by atoms with Crippen molar-refractivity contribution in [3.8, 4) is 0 Å². The van der Waals surface area contributed by atoms with Gasteiger partial charge in [-0.15, -0.1) is 0 Å². The average Bonchev–Trinajstić information content (AvgIpc) is 3.20. The van der Waals surface area contributed by atoms with E-state index in [0.29, 0.717) is 17.1 Å². The van der Waals surface area contributed by atoms with Gasteiger partial charge in [-0.2, -0.15) is 0 Å². The standard InChI is InChI=1S/C16H20N4O3/c1-8-13(9(2)23-19-8)11-7-12(21)17-15-14(11)16(22)18-20(15)10-5-3-4-6-10/h10-11H,3-7H2,1-2H3,(H,17,21)(H,18,22)/t11-/m0/s1. The predicted molar refractivity (Wildman–Crippen MR) is 83.6 cm³/mol. The smallest absolute Gasteiger partial charge is 0.270 e. The molecule has 3 heterocycles. The first-order valence-corrected chi connectivity index (χ1v) is 8.13. The van der Waals surface area contributed by atoms with Crippen LogP contribution in [0.25, 0.3) is 0 Å². The van der Waals surface area contributed by atoms with Crippen LogP contribution in [0.15, 0.2) is 9.32 Å². The Balaban J connectivity index is 1.88. The van der Waals surface area contributed by atoms with Crippen molar-refractivity contribution < 1.29 is 9.32 Å². The fourth-order valence-electron chi connectivity index (χ4n) is 4.05. The summed E-state index contributed by atoms with van der Waals surface area (Å²) in [5.74, 6) is 0.925. The number of nitrogens with one attached hydrogen (secondary N) is 2. The van der Waals surface area contributed by atoms with Gasteiger partial charge in [0.1, 0.15) is 11.6 Å². The molecule has 0 unspecified atom stereocenters. The van der Waals surface area contributed by atoms with E-state index in [0.717, 1.165) is 36.9 Å². The van der Waals surface area contributed by atoms with Gasteiger partial charge in [-0.25, -0.2) is 0 Å². The quantitative estimate of drug-likeness (QED) is 0.889. The maximum Gasteiger partial charge on any atom is 0.270 e. The first-order chi connectivity index (χ1) is 11.1. The zero-order chi connectivity index (χ0) is 16.1. The predicted octanol–water partition coefficient (Wildman–Crippen LogP) is 2.37. The lowest BCUT2D eigenvalue weighted by Crippen LogP contribution is -2.27. The summed E-state index contributed by atoms with van der Waals surface area (Å²) in [6, 6.07) is 0.259. The summed E-state index contributed by atoms with van der Waals surface area (Å²) >= 11 is 0. The summed E-state index contributed by atoms with van der Waals surface area (Å²) in [5, 5.41) is 9.82. The zero-order valence-corrected chi connectivity index (χ0v) is 13.3. The van der Waals surface area contributed by atoms with E-state index in [-0.39, 0.29) is 29.8 Å². The van der Waals surface area contributed by atoms with Crippen LogP contribution in [0.4, 0.5) is 5.82 Å². The molecule has 0 saturated heterocycles. The highest BCUT2D eigenvalue weighted by molar-refractivity contribution is 5.94. The number of hydrogen-bond donors (Lipinski definition) is 2. The topological polar surface area (TPSA) is 92.9 Å². The molecule has 1 amide bonds. The highest BCUT2D eigenvalue weighted by atomic mass is 16.5. The van der Waals surface area contributed by atoms with Gasteiger partial charge in [0.05, 0.1) is 17.3 Å². The lowest BCUT2D eigenvalue weighted by Gasteiger charge is -2.24. The first kappa shape index (κ1) is 14.3. The van der Waals surface area contributed by atoms with Crippen LogP contribution < -0.4 is 10.9 Å². The van der Waals surface area contributed by atoms with Gasteiger partial charge in [-0.1, -0.05) is 18.0 Å². The molecule has 0 bridgehead atoms. The van der Waals surface area contributed by atoms with Gasteiger partial charge in [0.2, 0.25) is 5.91 Å². The molecule has 7 nitrogen and oxygen atoms in total. The molecular formula is C16H20N4O3. The third kappa shape index (κ3) is 2.14. The number of fused-ring (bicyclic) bond motifs is 1. The Morgan fingerprint density at radius 3 is 2.57 bits per heavy atom. The largest absolute Gasteiger partial charge is 0.361 e. The Morgan fingerprint density at radius 2 is 1.91 bits per heavy atom. The maximum absolute atomic E-state index is 12.6. The minimum atomic E-state index is -0.295. The van der Waals surface area contributed by atoms with Crippen LogP contribution in [-0.4, -0.2) is 20.8 Å². The molecule has 0 spiro atoms. The third-order valence-corrected chi connectivity index (χ3v) is 5.09. The number of anilines is 1. The van der Waals surface area contributed by atoms with E-state index in [9.17, 15) is 9.59 Å². The van der Waals surface area contributed by atoms with Gasteiger partial charge in [-0.05, 0) is 26.7 Å². The summed E-state index contributed by atoms with van der Waals surface area (Å²) in [4.78, 5) is 24.8. The van der Waals surface area contributed by atoms with Crippen LogP contribution in [0.2, 0.25) is 0 Å². The van der Waals surface area contributed by atoms with Gasteiger partial charge in [-0.3, -0.25) is 19.4 Å². The number of carbonyl (C=O) groups excluding carboxylic acids is 1. The molecule has 4 rings (SSSR count). The molecule has 1 aliphatic carbocycles. The number of aromatic amines is 1. The second-order valence-electron chi connectivity index (χ2n) is 6.55. The van der Waals surface area contributed by atoms with E-state index >= 15 is 0 Å². The number of carbonyl (C=O) groups is 1. The van der Waals surface area contributed by atoms with E-state index in [1.54, 1.807) is 0 Å². The van der Waals surface area contributed by atoms with Crippen molar-refractivity contribution in [2.75, 3.05) is 5.32 Å². The summed E-state index contributed by atoms with van der Waals surface area (Å²) in [6.45, 7) is 3.67. The molecular weight excluding hydrogens is 296 g/mol. The van der Waals surface area contributed by atoms with Crippen molar-refractivity contribution in [2.45, 2.75) is 57.9 Å². The molecule has 1 aliphatic heterocycles. The summed E-state index contributed by atoms with van der Waals surface area (Å²) in [5.41, 5.74) is 2.10. The normalized spacial score (nSPS) is 21.5. The van der Waals surface area contributed by atoms with Crippen LogP contribution >= 0.6 is 0 Å². The Kier molecular flexibility index (Phi) is 3.18. The molecule has 2 aromatic rings. The van der Waals surface area contributed by atoms with Crippen molar-refractivity contribution in [3.05, 3.63) is 32.9 Å². The first-order valence-electron chi connectivity index (χ1n) is 8.13. The zero-order valence-electron chi connectivity index (χ0n) is 13.3. The second kappa shape index (κ2) is 5.11. The molecule has 1 fully saturated rings. The summed E-state index contributed by atoms with van der Waals surface area (Å²) in [7, 11) is 0. The molecule has 7 heteroatoms. The second-order valence-corrected chi connectivity index (χ2v) is 6.55. The number of amides is 1. The Morgan fingerprint density at radius 1 is 1.17 bits per heavy atom. The molecule has 1 atom stereocenters. The minimum absolute atomic E-state index is 0.0757. The molecule has 0 aromatic carbocycles. The molecule has 2 aliphatic rings. The van der Waals surface area contributed by atoms with Crippen LogP contribution in [-0.2, 0) is 4.79 Å². The highest BCUT2D eigenvalue weighted by Gasteiger charge is 2.37. The van der Waals surface area contributed by atoms with Crippen LogP contribution in [0.3, 0.4) is 0 Å². The summed E-state index contributed by atoms with van der Waals surface area (Å²) in [6.07, 6.45) is 4.61. The Bertz CT molecular complexity index is 803. The van der Waals surface area contributed by atoms with Crippen LogP contribution in [0.1, 0.15) is 66.6 Å². The molecule has 1 saturated carbocycles. The fraction of sp³-hybridized carbons (Fsp3) is 0.562. The Hall–Kier alpha value is -2.31. The maximum atomic E-state index is 12.6. The number of hydrogen-bond acceptors (Lipinski definition) is 4. The SMILES string of the molecule is Cc1noc(C)c1[C@@H]1CC(=O)Nc2c1c(=O)[nH]n2C1CCCC1. The minimum Gasteiger partial charge on any atom is -0.361 e. The van der Waals surface area contributed by atoms with E-state index < -0.39 is 0 Å². The average molecular weight is 316 g/mol. The number of aromatic nitrogens is 3. The molecule has 23 heavy (non-hydrogen) atoms. The van der Waals surface area contributed by atoms with Gasteiger partial charge < -0.3 is 9.84 Å². The van der Waals surface area contributed by atoms with E-state index in [1.807, 2.05) is 18.5 Å². The number of aryl methyl sites for hydroxylation is 2. The molecule has 0 radical (unpaired) electrons. The number of rotatable bonds is 2. The van der Waals surface area contributed by atoms with Crippen LogP contribution in [0.5, 0.6) is 0 Å². The van der Waals surface area contributed by atoms with E-state index in [2.05, 4.69) is 15.6 Å². The van der Waals surface area contributed by atoms with Crippen molar-refractivity contribution in [2.24, 2.45) is 0 Å². The molecule has 122 valence electrons. The van der Waals surface area contributed by atoms with E-state index in [4.69, 9.17) is 4.52 Å². The third-order valence-electron chi connectivity index (χ3n) is 5.09. The van der Waals surface area contributed by atoms with Gasteiger partial charge >= 0.3 is 0 Å².